The lowest BCUT2D eigenvalue weighted by Crippen LogP contribution is -2.28. The van der Waals surface area contributed by atoms with E-state index < -0.39 is 0 Å². The number of nitrogens with zero attached hydrogens (tertiary/aromatic N) is 3. The number of amides is 1. The van der Waals surface area contributed by atoms with Crippen molar-refractivity contribution in [3.63, 3.8) is 0 Å². The second-order valence-corrected chi connectivity index (χ2v) is 5.17. The summed E-state index contributed by atoms with van der Waals surface area (Å²) in [6.45, 7) is 3.71. The number of ether oxygens (including phenoxy) is 1. The topological polar surface area (TPSA) is 103 Å². The van der Waals surface area contributed by atoms with Crippen LogP contribution in [0.3, 0.4) is 0 Å². The number of carbonyl (C=O) groups is 1. The largest absolute Gasteiger partial charge is 0.484 e. The molecule has 24 heavy (non-hydrogen) atoms. The van der Waals surface area contributed by atoms with Crippen molar-refractivity contribution < 1.29 is 18.6 Å². The number of aromatic nitrogens is 3. The van der Waals surface area contributed by atoms with Crippen molar-refractivity contribution in [2.24, 2.45) is 0 Å². The van der Waals surface area contributed by atoms with Crippen LogP contribution < -0.4 is 10.1 Å². The molecule has 0 spiro atoms. The van der Waals surface area contributed by atoms with E-state index in [4.69, 9.17) is 13.8 Å². The molecule has 8 heteroatoms. The summed E-state index contributed by atoms with van der Waals surface area (Å²) in [5.41, 5.74) is 1.45. The first-order valence-corrected chi connectivity index (χ1v) is 7.33. The van der Waals surface area contributed by atoms with Gasteiger partial charge in [0.25, 0.3) is 5.91 Å². The summed E-state index contributed by atoms with van der Waals surface area (Å²) in [5.74, 6) is 1.63. The molecule has 1 amide bonds. The lowest BCUT2D eigenvalue weighted by molar-refractivity contribution is -0.123. The van der Waals surface area contributed by atoms with Crippen molar-refractivity contribution in [1.29, 1.82) is 0 Å². The zero-order valence-electron chi connectivity index (χ0n) is 13.3. The molecule has 2 aromatic heterocycles. The van der Waals surface area contributed by atoms with E-state index in [-0.39, 0.29) is 24.9 Å². The summed E-state index contributed by atoms with van der Waals surface area (Å²) in [5, 5.41) is 10.2. The van der Waals surface area contributed by atoms with Gasteiger partial charge in [0.2, 0.25) is 11.7 Å². The van der Waals surface area contributed by atoms with E-state index in [1.54, 1.807) is 13.0 Å². The van der Waals surface area contributed by atoms with Gasteiger partial charge in [0.1, 0.15) is 11.5 Å². The third kappa shape index (κ3) is 3.78. The van der Waals surface area contributed by atoms with Crippen LogP contribution in [0.4, 0.5) is 0 Å². The van der Waals surface area contributed by atoms with E-state index in [2.05, 4.69) is 20.6 Å². The Kier molecular flexibility index (Phi) is 4.55. The Bertz CT molecular complexity index is 840. The minimum Gasteiger partial charge on any atom is -0.484 e. The Balaban J connectivity index is 1.50. The first-order chi connectivity index (χ1) is 11.6. The van der Waals surface area contributed by atoms with E-state index in [0.717, 1.165) is 5.56 Å². The van der Waals surface area contributed by atoms with Gasteiger partial charge in [-0.05, 0) is 25.5 Å². The fourth-order valence-electron chi connectivity index (χ4n) is 1.99. The molecule has 0 bridgehead atoms. The molecule has 0 saturated heterocycles. The van der Waals surface area contributed by atoms with E-state index in [9.17, 15) is 4.79 Å². The maximum absolute atomic E-state index is 11.8. The van der Waals surface area contributed by atoms with Crippen molar-refractivity contribution in [3.8, 4) is 17.3 Å². The minimum atomic E-state index is -0.282. The molecule has 0 aliphatic heterocycles. The number of nitrogens with one attached hydrogen (secondary N) is 1. The second-order valence-electron chi connectivity index (χ2n) is 5.17. The molecule has 1 N–H and O–H groups in total. The van der Waals surface area contributed by atoms with Crippen LogP contribution in [0.15, 0.2) is 39.4 Å². The molecular weight excluding hydrogens is 312 g/mol. The second kappa shape index (κ2) is 6.95. The fraction of sp³-hybridized carbons (Fsp3) is 0.250. The van der Waals surface area contributed by atoms with Gasteiger partial charge < -0.3 is 19.1 Å². The van der Waals surface area contributed by atoms with Gasteiger partial charge >= 0.3 is 0 Å². The minimum absolute atomic E-state index is 0.0890. The first-order valence-electron chi connectivity index (χ1n) is 7.33. The lowest BCUT2D eigenvalue weighted by atomic mass is 10.2. The summed E-state index contributed by atoms with van der Waals surface area (Å²) < 4.78 is 15.5. The summed E-state index contributed by atoms with van der Waals surface area (Å²) in [6.07, 6.45) is 0. The number of para-hydroxylation sites is 1. The maximum atomic E-state index is 11.8. The Labute approximate surface area is 137 Å². The van der Waals surface area contributed by atoms with Crippen molar-refractivity contribution in [2.45, 2.75) is 20.4 Å². The van der Waals surface area contributed by atoms with Gasteiger partial charge in [-0.15, -0.1) is 0 Å². The maximum Gasteiger partial charge on any atom is 0.258 e. The van der Waals surface area contributed by atoms with Crippen LogP contribution in [0.25, 0.3) is 11.5 Å². The van der Waals surface area contributed by atoms with E-state index in [1.807, 2.05) is 31.2 Å². The summed E-state index contributed by atoms with van der Waals surface area (Å²) in [6, 6.07) is 9.19. The SMILES string of the molecule is Cc1cc(-c2noc(CNC(=O)COc3ccccc3C)n2)no1. The predicted octanol–water partition coefficient (Wildman–Crippen LogP) is 2.04. The van der Waals surface area contributed by atoms with E-state index >= 15 is 0 Å². The van der Waals surface area contributed by atoms with Gasteiger partial charge in [-0.3, -0.25) is 4.79 Å². The average molecular weight is 328 g/mol. The smallest absolute Gasteiger partial charge is 0.258 e. The number of hydrogen-bond donors (Lipinski definition) is 1. The summed E-state index contributed by atoms with van der Waals surface area (Å²) in [4.78, 5) is 16.0. The quantitative estimate of drug-likeness (QED) is 0.738. The van der Waals surface area contributed by atoms with Gasteiger partial charge in [0.05, 0.1) is 6.54 Å². The fourth-order valence-corrected chi connectivity index (χ4v) is 1.99. The van der Waals surface area contributed by atoms with E-state index in [1.165, 1.54) is 0 Å². The van der Waals surface area contributed by atoms with Gasteiger partial charge in [0, 0.05) is 6.07 Å². The standard InChI is InChI=1S/C16H16N4O4/c1-10-5-3-4-6-13(10)22-9-14(21)17-8-15-18-16(20-24-15)12-7-11(2)23-19-12/h3-7H,8-9H2,1-2H3,(H,17,21). The van der Waals surface area contributed by atoms with Crippen LogP contribution in [0, 0.1) is 13.8 Å². The molecule has 0 fully saturated rings. The van der Waals surface area contributed by atoms with Gasteiger partial charge in [0.15, 0.2) is 12.3 Å². The van der Waals surface area contributed by atoms with Crippen molar-refractivity contribution in [1.82, 2.24) is 20.6 Å². The molecule has 3 aromatic rings. The molecule has 2 heterocycles. The van der Waals surface area contributed by atoms with Crippen molar-refractivity contribution in [2.75, 3.05) is 6.61 Å². The van der Waals surface area contributed by atoms with Crippen LogP contribution in [-0.2, 0) is 11.3 Å². The highest BCUT2D eigenvalue weighted by molar-refractivity contribution is 5.77. The number of rotatable bonds is 6. The van der Waals surface area contributed by atoms with Crippen LogP contribution in [0.1, 0.15) is 17.2 Å². The van der Waals surface area contributed by atoms with Gasteiger partial charge in [-0.25, -0.2) is 0 Å². The highest BCUT2D eigenvalue weighted by Crippen LogP contribution is 2.16. The molecule has 0 aliphatic rings. The Hall–Kier alpha value is -3.16. The molecule has 8 nitrogen and oxygen atoms in total. The van der Waals surface area contributed by atoms with Gasteiger partial charge in [-0.1, -0.05) is 28.5 Å². The third-order valence-electron chi connectivity index (χ3n) is 3.21. The number of carbonyl (C=O) groups excluding carboxylic acids is 1. The van der Waals surface area contributed by atoms with Crippen LogP contribution >= 0.6 is 0 Å². The molecule has 1 aromatic carbocycles. The molecule has 3 rings (SSSR count). The number of aryl methyl sites for hydroxylation is 2. The Morgan fingerprint density at radius 3 is 2.79 bits per heavy atom. The van der Waals surface area contributed by atoms with Crippen molar-refractivity contribution >= 4 is 5.91 Å². The summed E-state index contributed by atoms with van der Waals surface area (Å²) >= 11 is 0. The average Bonchev–Trinajstić information content (AvgIpc) is 3.21. The molecule has 0 unspecified atom stereocenters. The van der Waals surface area contributed by atoms with Gasteiger partial charge in [-0.2, -0.15) is 4.98 Å². The highest BCUT2D eigenvalue weighted by atomic mass is 16.5. The number of hydrogen-bond acceptors (Lipinski definition) is 7. The Morgan fingerprint density at radius 1 is 1.21 bits per heavy atom. The number of benzene rings is 1. The normalized spacial score (nSPS) is 10.6. The molecule has 124 valence electrons. The van der Waals surface area contributed by atoms with Crippen molar-refractivity contribution in [3.05, 3.63) is 47.5 Å². The molecule has 0 radical (unpaired) electrons. The molecular formula is C16H16N4O4. The molecule has 0 saturated carbocycles. The first kappa shape index (κ1) is 15.7. The monoisotopic (exact) mass is 328 g/mol. The summed E-state index contributed by atoms with van der Waals surface area (Å²) in [7, 11) is 0. The van der Waals surface area contributed by atoms with Crippen LogP contribution in [-0.4, -0.2) is 27.8 Å². The van der Waals surface area contributed by atoms with E-state index in [0.29, 0.717) is 23.0 Å². The highest BCUT2D eigenvalue weighted by Gasteiger charge is 2.13. The third-order valence-corrected chi connectivity index (χ3v) is 3.21. The molecule has 0 aliphatic carbocycles. The lowest BCUT2D eigenvalue weighted by Gasteiger charge is -2.08. The van der Waals surface area contributed by atoms with Crippen LogP contribution in [0.5, 0.6) is 5.75 Å². The zero-order valence-corrected chi connectivity index (χ0v) is 13.3. The molecule has 0 atom stereocenters. The van der Waals surface area contributed by atoms with Crippen LogP contribution in [0.2, 0.25) is 0 Å². The predicted molar refractivity (Wildman–Crippen MR) is 83.1 cm³/mol. The Morgan fingerprint density at radius 2 is 2.04 bits per heavy atom. The zero-order chi connectivity index (χ0) is 16.9.